The van der Waals surface area contributed by atoms with Crippen molar-refractivity contribution in [2.24, 2.45) is 10.8 Å². The van der Waals surface area contributed by atoms with Gasteiger partial charge in [-0.25, -0.2) is 0 Å². The maximum absolute atomic E-state index is 11.0. The number of ether oxygens (including phenoxy) is 1. The second-order valence-electron chi connectivity index (χ2n) is 4.76. The molecule has 0 heterocycles. The topological polar surface area (TPSA) is 46.5 Å². The Bertz CT molecular complexity index is 215. The van der Waals surface area contributed by atoms with E-state index in [1.807, 2.05) is 0 Å². The van der Waals surface area contributed by atoms with Crippen molar-refractivity contribution in [1.29, 1.82) is 0 Å². The molecule has 0 aromatic carbocycles. The maximum Gasteiger partial charge on any atom is 0.306 e. The first kappa shape index (κ1) is 9.00. The second-order valence-corrected chi connectivity index (χ2v) is 4.76. The van der Waals surface area contributed by atoms with Crippen molar-refractivity contribution in [3.63, 3.8) is 0 Å². The number of rotatable bonds is 4. The second kappa shape index (κ2) is 2.71. The van der Waals surface area contributed by atoms with Crippen molar-refractivity contribution in [3.05, 3.63) is 0 Å². The molecule has 0 aliphatic heterocycles. The van der Waals surface area contributed by atoms with Crippen molar-refractivity contribution < 1.29 is 14.6 Å². The minimum Gasteiger partial charge on any atom is -0.469 e. The van der Waals surface area contributed by atoms with Gasteiger partial charge in [0.15, 0.2) is 0 Å². The molecular weight excluding hydrogens is 168 g/mol. The quantitative estimate of drug-likeness (QED) is 0.665. The fraction of sp³-hybridized carbons (Fsp3) is 0.900. The summed E-state index contributed by atoms with van der Waals surface area (Å²) < 4.78 is 4.65. The maximum atomic E-state index is 11.0. The standard InChI is InChI=1S/C10H16O3/c1-13-8(12)4-10-5-9(6-10,7-10)2-3-11/h11H,2-7H2,1H3. The summed E-state index contributed by atoms with van der Waals surface area (Å²) in [4.78, 5) is 11.0. The summed E-state index contributed by atoms with van der Waals surface area (Å²) in [6, 6.07) is 0. The molecule has 3 fully saturated rings. The normalized spacial score (nSPS) is 40.5. The number of carbonyl (C=O) groups excluding carboxylic acids is 1. The van der Waals surface area contributed by atoms with Crippen LogP contribution in [0.15, 0.2) is 0 Å². The van der Waals surface area contributed by atoms with Gasteiger partial charge in [-0.15, -0.1) is 0 Å². The van der Waals surface area contributed by atoms with Crippen LogP contribution in [-0.2, 0) is 9.53 Å². The van der Waals surface area contributed by atoms with Crippen molar-refractivity contribution in [3.8, 4) is 0 Å². The van der Waals surface area contributed by atoms with Gasteiger partial charge in [0.1, 0.15) is 0 Å². The van der Waals surface area contributed by atoms with E-state index in [0.29, 0.717) is 11.8 Å². The Labute approximate surface area is 78.1 Å². The molecule has 0 spiro atoms. The lowest BCUT2D eigenvalue weighted by molar-refractivity contribution is -0.219. The number of hydrogen-bond donors (Lipinski definition) is 1. The Morgan fingerprint density at radius 2 is 2.00 bits per heavy atom. The molecule has 3 aliphatic rings. The van der Waals surface area contributed by atoms with Gasteiger partial charge in [-0.3, -0.25) is 4.79 Å². The fourth-order valence-corrected chi connectivity index (χ4v) is 3.30. The first-order valence-corrected chi connectivity index (χ1v) is 4.81. The summed E-state index contributed by atoms with van der Waals surface area (Å²) in [5.41, 5.74) is 0.672. The van der Waals surface area contributed by atoms with Crippen LogP contribution in [0, 0.1) is 10.8 Å². The Balaban J connectivity index is 1.80. The fourth-order valence-electron chi connectivity index (χ4n) is 3.30. The molecule has 0 aromatic heterocycles. The van der Waals surface area contributed by atoms with E-state index >= 15 is 0 Å². The molecule has 3 aliphatic carbocycles. The molecule has 74 valence electrons. The van der Waals surface area contributed by atoms with E-state index < -0.39 is 0 Å². The third kappa shape index (κ3) is 1.26. The molecule has 3 heteroatoms. The monoisotopic (exact) mass is 184 g/mol. The Morgan fingerprint density at radius 1 is 1.38 bits per heavy atom. The minimum atomic E-state index is -0.0858. The molecule has 3 rings (SSSR count). The SMILES string of the molecule is COC(=O)CC12CC(CCO)(C1)C2. The first-order valence-electron chi connectivity index (χ1n) is 4.81. The first-order chi connectivity index (χ1) is 6.14. The molecule has 0 radical (unpaired) electrons. The lowest BCUT2D eigenvalue weighted by Gasteiger charge is -2.71. The van der Waals surface area contributed by atoms with Gasteiger partial charge in [-0.1, -0.05) is 0 Å². The van der Waals surface area contributed by atoms with E-state index in [4.69, 9.17) is 5.11 Å². The summed E-state index contributed by atoms with van der Waals surface area (Å²) >= 11 is 0. The van der Waals surface area contributed by atoms with Crippen LogP contribution in [0.3, 0.4) is 0 Å². The molecule has 2 bridgehead atoms. The van der Waals surface area contributed by atoms with Crippen LogP contribution in [0.2, 0.25) is 0 Å². The van der Waals surface area contributed by atoms with Gasteiger partial charge in [-0.05, 0) is 36.5 Å². The number of aliphatic hydroxyl groups excluding tert-OH is 1. The van der Waals surface area contributed by atoms with Crippen molar-refractivity contribution in [2.45, 2.75) is 32.1 Å². The molecule has 0 atom stereocenters. The summed E-state index contributed by atoms with van der Waals surface area (Å²) in [7, 11) is 1.44. The molecule has 3 saturated carbocycles. The van der Waals surface area contributed by atoms with E-state index in [1.165, 1.54) is 7.11 Å². The highest BCUT2D eigenvalue weighted by Gasteiger charge is 2.67. The van der Waals surface area contributed by atoms with Gasteiger partial charge in [-0.2, -0.15) is 0 Å². The highest BCUT2D eigenvalue weighted by Crippen LogP contribution is 2.76. The Hall–Kier alpha value is -0.570. The van der Waals surface area contributed by atoms with Crippen LogP contribution >= 0.6 is 0 Å². The zero-order chi connectivity index (χ0) is 9.53. The van der Waals surface area contributed by atoms with Gasteiger partial charge < -0.3 is 9.84 Å². The van der Waals surface area contributed by atoms with Gasteiger partial charge in [0.25, 0.3) is 0 Å². The van der Waals surface area contributed by atoms with Gasteiger partial charge in [0.05, 0.1) is 13.5 Å². The molecule has 0 saturated heterocycles. The summed E-state index contributed by atoms with van der Waals surface area (Å²) in [6.07, 6.45) is 4.85. The average Bonchev–Trinajstić information content (AvgIpc) is 1.98. The van der Waals surface area contributed by atoms with E-state index in [9.17, 15) is 4.79 Å². The van der Waals surface area contributed by atoms with Gasteiger partial charge in [0, 0.05) is 6.61 Å². The number of methoxy groups -OCH3 is 1. The zero-order valence-corrected chi connectivity index (χ0v) is 8.01. The molecule has 3 nitrogen and oxygen atoms in total. The molecular formula is C10H16O3. The predicted octanol–water partition coefficient (Wildman–Crippen LogP) is 1.10. The molecule has 13 heavy (non-hydrogen) atoms. The molecule has 1 N–H and O–H groups in total. The number of esters is 1. The van der Waals surface area contributed by atoms with Gasteiger partial charge >= 0.3 is 5.97 Å². The molecule has 0 aromatic rings. The van der Waals surface area contributed by atoms with Crippen molar-refractivity contribution >= 4 is 5.97 Å². The number of carbonyl (C=O) groups is 1. The highest BCUT2D eigenvalue weighted by atomic mass is 16.5. The smallest absolute Gasteiger partial charge is 0.306 e. The largest absolute Gasteiger partial charge is 0.469 e. The van der Waals surface area contributed by atoms with Crippen molar-refractivity contribution in [2.75, 3.05) is 13.7 Å². The van der Waals surface area contributed by atoms with Crippen LogP contribution < -0.4 is 0 Å². The summed E-state index contributed by atoms with van der Waals surface area (Å²) in [5.74, 6) is -0.0858. The van der Waals surface area contributed by atoms with E-state index in [1.54, 1.807) is 0 Å². The summed E-state index contributed by atoms with van der Waals surface area (Å²) in [6.45, 7) is 0.286. The highest BCUT2D eigenvalue weighted by molar-refractivity contribution is 5.71. The zero-order valence-electron chi connectivity index (χ0n) is 8.01. The van der Waals surface area contributed by atoms with Crippen LogP contribution in [0.1, 0.15) is 32.1 Å². The molecule has 0 unspecified atom stereocenters. The number of aliphatic hydroxyl groups is 1. The predicted molar refractivity (Wildman–Crippen MR) is 47.1 cm³/mol. The van der Waals surface area contributed by atoms with E-state index in [-0.39, 0.29) is 18.0 Å². The third-order valence-electron chi connectivity index (χ3n) is 3.64. The van der Waals surface area contributed by atoms with Crippen LogP contribution in [0.25, 0.3) is 0 Å². The third-order valence-corrected chi connectivity index (χ3v) is 3.64. The lowest BCUT2D eigenvalue weighted by atomic mass is 9.33. The molecule has 0 amide bonds. The van der Waals surface area contributed by atoms with Crippen LogP contribution in [0.5, 0.6) is 0 Å². The Morgan fingerprint density at radius 3 is 2.46 bits per heavy atom. The van der Waals surface area contributed by atoms with Crippen molar-refractivity contribution in [1.82, 2.24) is 0 Å². The number of hydrogen-bond acceptors (Lipinski definition) is 3. The Kier molecular flexibility index (Phi) is 1.88. The van der Waals surface area contributed by atoms with Crippen LogP contribution in [-0.4, -0.2) is 24.8 Å². The minimum absolute atomic E-state index is 0.0858. The van der Waals surface area contributed by atoms with E-state index in [0.717, 1.165) is 25.7 Å². The van der Waals surface area contributed by atoms with Crippen LogP contribution in [0.4, 0.5) is 0 Å². The lowest BCUT2D eigenvalue weighted by Crippen LogP contribution is -2.62. The van der Waals surface area contributed by atoms with Gasteiger partial charge in [0.2, 0.25) is 0 Å². The summed E-state index contributed by atoms with van der Waals surface area (Å²) in [5, 5.41) is 8.81. The van der Waals surface area contributed by atoms with E-state index in [2.05, 4.69) is 4.74 Å². The average molecular weight is 184 g/mol.